The quantitative estimate of drug-likeness (QED) is 0.356. The third-order valence-corrected chi connectivity index (χ3v) is 4.28. The monoisotopic (exact) mass is 444 g/mol. The van der Waals surface area contributed by atoms with Gasteiger partial charge in [0, 0.05) is 0 Å². The molecule has 3 rings (SSSR count). The van der Waals surface area contributed by atoms with E-state index in [4.69, 9.17) is 12.2 Å². The van der Waals surface area contributed by atoms with Crippen molar-refractivity contribution in [2.45, 2.75) is 13.1 Å². The molecule has 0 saturated heterocycles. The van der Waals surface area contributed by atoms with Gasteiger partial charge in [-0.25, -0.2) is 8.78 Å². The fourth-order valence-corrected chi connectivity index (χ4v) is 2.94. The number of rotatable bonds is 4. The molecule has 2 amide bonds. The normalized spacial score (nSPS) is 11.5. The predicted molar refractivity (Wildman–Crippen MR) is 101 cm³/mol. The molecule has 4 N–H and O–H groups in total. The summed E-state index contributed by atoms with van der Waals surface area (Å²) in [5, 5.41) is 3.93. The minimum Gasteiger partial charge on any atom is -0.343 e. The Morgan fingerprint density at radius 2 is 1.73 bits per heavy atom. The number of benzene rings is 2. The van der Waals surface area contributed by atoms with Crippen molar-refractivity contribution >= 4 is 40.8 Å². The number of carbonyl (C=O) groups is 2. The van der Waals surface area contributed by atoms with Crippen molar-refractivity contribution in [1.82, 2.24) is 15.3 Å². The van der Waals surface area contributed by atoms with Gasteiger partial charge in [-0.1, -0.05) is 0 Å². The van der Waals surface area contributed by atoms with E-state index in [-0.39, 0.29) is 32.6 Å². The maximum absolute atomic E-state index is 13.9. The molecule has 3 aromatic rings. The molecule has 6 nitrogen and oxygen atoms in total. The van der Waals surface area contributed by atoms with Crippen LogP contribution in [0.5, 0.6) is 0 Å². The standard InChI is InChI=1S/C18H13F5N4O2S/c1-7-2-12(9(5-11(7)20)15(28)24-6-18(21,22)23)25-16(29)10-3-8(19)4-13-14(10)27-17(30)26-13/h2-5H,6H2,1H3,(H,24,28)(H,25,29)(H2,26,27,30). The molecule has 158 valence electrons. The van der Waals surface area contributed by atoms with Crippen LogP contribution in [0.3, 0.4) is 0 Å². The third kappa shape index (κ3) is 4.64. The molecular formula is C18H13F5N4O2S. The number of fused-ring (bicyclic) bond motifs is 1. The number of carbonyl (C=O) groups excluding carboxylic acids is 2. The largest absolute Gasteiger partial charge is 0.405 e. The van der Waals surface area contributed by atoms with Gasteiger partial charge < -0.3 is 20.6 Å². The molecule has 0 aliphatic heterocycles. The first-order valence-corrected chi connectivity index (χ1v) is 8.73. The number of nitrogens with one attached hydrogen (secondary N) is 4. The van der Waals surface area contributed by atoms with E-state index in [1.165, 1.54) is 6.92 Å². The van der Waals surface area contributed by atoms with Crippen LogP contribution < -0.4 is 10.6 Å². The Morgan fingerprint density at radius 1 is 1.03 bits per heavy atom. The topological polar surface area (TPSA) is 89.8 Å². The zero-order valence-electron chi connectivity index (χ0n) is 15.1. The number of hydrogen-bond donors (Lipinski definition) is 4. The second kappa shape index (κ2) is 7.86. The fraction of sp³-hybridized carbons (Fsp3) is 0.167. The van der Waals surface area contributed by atoms with Gasteiger partial charge in [0.2, 0.25) is 0 Å². The van der Waals surface area contributed by atoms with E-state index in [0.29, 0.717) is 6.07 Å². The van der Waals surface area contributed by atoms with Gasteiger partial charge in [-0.2, -0.15) is 13.2 Å². The Bertz CT molecular complexity index is 1220. The smallest absolute Gasteiger partial charge is 0.343 e. The van der Waals surface area contributed by atoms with Crippen molar-refractivity contribution in [2.24, 2.45) is 0 Å². The Labute approximate surface area is 170 Å². The lowest BCUT2D eigenvalue weighted by Crippen LogP contribution is -2.34. The molecule has 0 aliphatic carbocycles. The summed E-state index contributed by atoms with van der Waals surface area (Å²) in [4.78, 5) is 30.2. The average molecular weight is 444 g/mol. The van der Waals surface area contributed by atoms with Crippen LogP contribution in [0.2, 0.25) is 0 Å². The van der Waals surface area contributed by atoms with Gasteiger partial charge in [-0.05, 0) is 49.0 Å². The molecule has 1 heterocycles. The van der Waals surface area contributed by atoms with Gasteiger partial charge >= 0.3 is 6.18 Å². The fourth-order valence-electron chi connectivity index (χ4n) is 2.72. The number of halogens is 5. The molecule has 0 spiro atoms. The van der Waals surface area contributed by atoms with Crippen molar-refractivity contribution in [3.8, 4) is 0 Å². The van der Waals surface area contributed by atoms with Gasteiger partial charge in [-0.3, -0.25) is 9.59 Å². The summed E-state index contributed by atoms with van der Waals surface area (Å²) in [7, 11) is 0. The Balaban J connectivity index is 1.98. The minimum atomic E-state index is -4.68. The summed E-state index contributed by atoms with van der Waals surface area (Å²) in [6, 6.07) is 3.82. The first-order valence-electron chi connectivity index (χ1n) is 8.32. The summed E-state index contributed by atoms with van der Waals surface area (Å²) in [5.74, 6) is -3.74. The van der Waals surface area contributed by atoms with Crippen LogP contribution >= 0.6 is 12.2 Å². The van der Waals surface area contributed by atoms with Crippen molar-refractivity contribution in [3.05, 3.63) is 57.4 Å². The van der Waals surface area contributed by atoms with Gasteiger partial charge in [0.1, 0.15) is 18.2 Å². The molecule has 12 heteroatoms. The number of H-pyrrole nitrogens is 2. The van der Waals surface area contributed by atoms with Gasteiger partial charge in [0.05, 0.1) is 27.8 Å². The van der Waals surface area contributed by atoms with E-state index >= 15 is 0 Å². The lowest BCUT2D eigenvalue weighted by atomic mass is 10.1. The number of aryl methyl sites for hydroxylation is 1. The maximum atomic E-state index is 13.9. The number of aromatic nitrogens is 2. The Hall–Kier alpha value is -3.28. The van der Waals surface area contributed by atoms with E-state index in [1.807, 2.05) is 0 Å². The number of anilines is 1. The average Bonchev–Trinajstić information content (AvgIpc) is 3.00. The van der Waals surface area contributed by atoms with Crippen molar-refractivity contribution in [1.29, 1.82) is 0 Å². The SMILES string of the molecule is Cc1cc(NC(=O)c2cc(F)cc3[nH]c(=S)[nH]c23)c(C(=O)NCC(F)(F)F)cc1F. The van der Waals surface area contributed by atoms with Crippen LogP contribution in [0.1, 0.15) is 26.3 Å². The highest BCUT2D eigenvalue weighted by Gasteiger charge is 2.29. The second-order valence-corrected chi connectivity index (χ2v) is 6.76. The van der Waals surface area contributed by atoms with E-state index in [2.05, 4.69) is 15.3 Å². The summed E-state index contributed by atoms with van der Waals surface area (Å²) in [6.45, 7) is -0.300. The number of imidazole rings is 1. The highest BCUT2D eigenvalue weighted by atomic mass is 32.1. The third-order valence-electron chi connectivity index (χ3n) is 4.08. The summed E-state index contributed by atoms with van der Waals surface area (Å²) in [6.07, 6.45) is -4.68. The van der Waals surface area contributed by atoms with E-state index in [0.717, 1.165) is 18.2 Å². The Kier molecular flexibility index (Phi) is 5.61. The zero-order valence-corrected chi connectivity index (χ0v) is 15.9. The zero-order chi connectivity index (χ0) is 22.2. The molecule has 0 unspecified atom stereocenters. The van der Waals surface area contributed by atoms with Crippen LogP contribution in [0.15, 0.2) is 24.3 Å². The van der Waals surface area contributed by atoms with Gasteiger partial charge in [0.25, 0.3) is 11.8 Å². The van der Waals surface area contributed by atoms with Crippen LogP contribution in [0, 0.1) is 23.3 Å². The van der Waals surface area contributed by atoms with Crippen molar-refractivity contribution in [3.63, 3.8) is 0 Å². The molecule has 0 saturated carbocycles. The van der Waals surface area contributed by atoms with Crippen LogP contribution in [-0.4, -0.2) is 34.5 Å². The summed E-state index contributed by atoms with van der Waals surface area (Å²) >= 11 is 4.93. The molecule has 0 atom stereocenters. The molecule has 0 radical (unpaired) electrons. The van der Waals surface area contributed by atoms with Crippen LogP contribution in [-0.2, 0) is 0 Å². The van der Waals surface area contributed by atoms with E-state index in [1.54, 1.807) is 5.32 Å². The lowest BCUT2D eigenvalue weighted by Gasteiger charge is -2.14. The lowest BCUT2D eigenvalue weighted by molar-refractivity contribution is -0.123. The highest BCUT2D eigenvalue weighted by molar-refractivity contribution is 7.71. The molecule has 1 aromatic heterocycles. The van der Waals surface area contributed by atoms with E-state index < -0.39 is 41.7 Å². The van der Waals surface area contributed by atoms with Crippen LogP contribution in [0.4, 0.5) is 27.6 Å². The first-order chi connectivity index (χ1) is 13.9. The summed E-state index contributed by atoms with van der Waals surface area (Å²) < 4.78 is 65.1. The number of alkyl halides is 3. The van der Waals surface area contributed by atoms with E-state index in [9.17, 15) is 31.5 Å². The maximum Gasteiger partial charge on any atom is 0.405 e. The number of amides is 2. The second-order valence-electron chi connectivity index (χ2n) is 6.35. The first kappa shape index (κ1) is 21.4. The van der Waals surface area contributed by atoms with Gasteiger partial charge in [-0.15, -0.1) is 0 Å². The molecule has 0 fully saturated rings. The summed E-state index contributed by atoms with van der Waals surface area (Å²) in [5.41, 5.74) is -0.524. The minimum absolute atomic E-state index is 0.0307. The van der Waals surface area contributed by atoms with Crippen LogP contribution in [0.25, 0.3) is 11.0 Å². The predicted octanol–water partition coefficient (Wildman–Crippen LogP) is 4.36. The van der Waals surface area contributed by atoms with Crippen molar-refractivity contribution < 1.29 is 31.5 Å². The van der Waals surface area contributed by atoms with Gasteiger partial charge in [0.15, 0.2) is 4.77 Å². The number of aromatic amines is 2. The molecular weight excluding hydrogens is 431 g/mol. The highest BCUT2D eigenvalue weighted by Crippen LogP contribution is 2.24. The number of hydrogen-bond acceptors (Lipinski definition) is 3. The Morgan fingerprint density at radius 3 is 2.40 bits per heavy atom. The van der Waals surface area contributed by atoms with Crippen molar-refractivity contribution in [2.75, 3.05) is 11.9 Å². The molecule has 30 heavy (non-hydrogen) atoms. The molecule has 0 bridgehead atoms. The molecule has 2 aromatic carbocycles. The molecule has 0 aliphatic rings.